The topological polar surface area (TPSA) is 96.5 Å². The Bertz CT molecular complexity index is 471. The third-order valence-electron chi connectivity index (χ3n) is 3.23. The van der Waals surface area contributed by atoms with E-state index < -0.39 is 12.0 Å². The highest BCUT2D eigenvalue weighted by Gasteiger charge is 2.31. The zero-order valence-electron chi connectivity index (χ0n) is 10.8. The summed E-state index contributed by atoms with van der Waals surface area (Å²) in [5, 5.41) is 12.8. The lowest BCUT2D eigenvalue weighted by Crippen LogP contribution is -2.48. The zero-order valence-corrected chi connectivity index (χ0v) is 10.8. The summed E-state index contributed by atoms with van der Waals surface area (Å²) >= 11 is 0. The van der Waals surface area contributed by atoms with Gasteiger partial charge in [-0.15, -0.1) is 0 Å². The van der Waals surface area contributed by atoms with Gasteiger partial charge in [0, 0.05) is 19.4 Å². The van der Waals surface area contributed by atoms with E-state index in [0.29, 0.717) is 31.1 Å². The molecule has 0 saturated carbocycles. The van der Waals surface area contributed by atoms with Gasteiger partial charge in [-0.1, -0.05) is 5.16 Å². The van der Waals surface area contributed by atoms with Gasteiger partial charge in [-0.25, -0.2) is 4.79 Å². The molecular weight excluding hydrogens is 250 g/mol. The normalized spacial score (nSPS) is 19.4. The van der Waals surface area contributed by atoms with Crippen LogP contribution >= 0.6 is 0 Å². The van der Waals surface area contributed by atoms with E-state index in [9.17, 15) is 9.59 Å². The Morgan fingerprint density at radius 3 is 2.89 bits per heavy atom. The van der Waals surface area contributed by atoms with Gasteiger partial charge >= 0.3 is 5.97 Å². The highest BCUT2D eigenvalue weighted by Crippen LogP contribution is 2.18. The molecule has 0 aromatic carbocycles. The molecule has 19 heavy (non-hydrogen) atoms. The van der Waals surface area contributed by atoms with E-state index >= 15 is 0 Å². The van der Waals surface area contributed by atoms with Crippen LogP contribution in [0, 0.1) is 6.92 Å². The first-order valence-corrected chi connectivity index (χ1v) is 6.39. The summed E-state index contributed by atoms with van der Waals surface area (Å²) in [5.41, 5.74) is 0. The monoisotopic (exact) mass is 267 g/mol. The van der Waals surface area contributed by atoms with Crippen molar-refractivity contribution in [3.63, 3.8) is 0 Å². The standard InChI is InChI=1S/C12H17N3O4/c1-8-13-10(19-14-8)5-6-11(16)15-7-3-2-4-9(15)12(17)18/h9H,2-7H2,1H3,(H,17,18). The van der Waals surface area contributed by atoms with E-state index in [0.717, 1.165) is 12.8 Å². The predicted octanol–water partition coefficient (Wildman–Crippen LogP) is 0.776. The number of carbonyl (C=O) groups is 2. The Labute approximate surface area is 110 Å². The average molecular weight is 267 g/mol. The van der Waals surface area contributed by atoms with Crippen molar-refractivity contribution in [3.8, 4) is 0 Å². The van der Waals surface area contributed by atoms with Crippen molar-refractivity contribution in [2.75, 3.05) is 6.54 Å². The molecule has 1 fully saturated rings. The van der Waals surface area contributed by atoms with Gasteiger partial charge < -0.3 is 14.5 Å². The average Bonchev–Trinajstić information content (AvgIpc) is 2.81. The second-order valence-electron chi connectivity index (χ2n) is 4.67. The quantitative estimate of drug-likeness (QED) is 0.865. The van der Waals surface area contributed by atoms with Gasteiger partial charge in [0.15, 0.2) is 5.82 Å². The number of aryl methyl sites for hydroxylation is 2. The molecule has 1 unspecified atom stereocenters. The van der Waals surface area contributed by atoms with Gasteiger partial charge in [0.25, 0.3) is 0 Å². The third-order valence-corrected chi connectivity index (χ3v) is 3.23. The fraction of sp³-hybridized carbons (Fsp3) is 0.667. The van der Waals surface area contributed by atoms with Gasteiger partial charge in [0.2, 0.25) is 11.8 Å². The largest absolute Gasteiger partial charge is 0.480 e. The molecule has 0 spiro atoms. The van der Waals surface area contributed by atoms with E-state index in [1.165, 1.54) is 4.90 Å². The SMILES string of the molecule is Cc1noc(CCC(=O)N2CCCCC2C(=O)O)n1. The Morgan fingerprint density at radius 2 is 2.26 bits per heavy atom. The molecule has 7 nitrogen and oxygen atoms in total. The smallest absolute Gasteiger partial charge is 0.326 e. The fourth-order valence-electron chi connectivity index (χ4n) is 2.29. The number of carboxylic acid groups (broad SMARTS) is 1. The lowest BCUT2D eigenvalue weighted by atomic mass is 10.0. The molecule has 2 rings (SSSR count). The molecule has 1 atom stereocenters. The van der Waals surface area contributed by atoms with Gasteiger partial charge in [-0.2, -0.15) is 4.98 Å². The van der Waals surface area contributed by atoms with Crippen molar-refractivity contribution >= 4 is 11.9 Å². The minimum atomic E-state index is -0.929. The summed E-state index contributed by atoms with van der Waals surface area (Å²) in [4.78, 5) is 28.6. The van der Waals surface area contributed by atoms with Crippen molar-refractivity contribution in [2.24, 2.45) is 0 Å². The number of hydrogen-bond donors (Lipinski definition) is 1. The Balaban J connectivity index is 1.92. The number of nitrogens with zero attached hydrogens (tertiary/aromatic N) is 3. The zero-order chi connectivity index (χ0) is 13.8. The van der Waals surface area contributed by atoms with Crippen molar-refractivity contribution in [2.45, 2.75) is 45.1 Å². The van der Waals surface area contributed by atoms with Crippen molar-refractivity contribution in [1.29, 1.82) is 0 Å². The van der Waals surface area contributed by atoms with Crippen LogP contribution in [0.2, 0.25) is 0 Å². The molecule has 1 saturated heterocycles. The van der Waals surface area contributed by atoms with Crippen LogP contribution in [0.5, 0.6) is 0 Å². The van der Waals surface area contributed by atoms with Crippen molar-refractivity contribution < 1.29 is 19.2 Å². The summed E-state index contributed by atoms with van der Waals surface area (Å²) in [6, 6.07) is -0.689. The number of carboxylic acids is 1. The second kappa shape index (κ2) is 5.81. The molecule has 1 N–H and O–H groups in total. The van der Waals surface area contributed by atoms with E-state index in [1.807, 2.05) is 0 Å². The molecule has 0 bridgehead atoms. The van der Waals surface area contributed by atoms with Crippen LogP contribution in [0.15, 0.2) is 4.52 Å². The molecule has 7 heteroatoms. The molecule has 0 radical (unpaired) electrons. The minimum Gasteiger partial charge on any atom is -0.480 e. The predicted molar refractivity (Wildman–Crippen MR) is 64.3 cm³/mol. The number of piperidine rings is 1. The molecule has 1 aromatic heterocycles. The highest BCUT2D eigenvalue weighted by molar-refractivity contribution is 5.83. The molecular formula is C12H17N3O4. The molecule has 1 amide bonds. The lowest BCUT2D eigenvalue weighted by molar-refractivity contribution is -0.152. The van der Waals surface area contributed by atoms with Gasteiger partial charge in [-0.3, -0.25) is 4.79 Å². The van der Waals surface area contributed by atoms with Crippen LogP contribution in [0.25, 0.3) is 0 Å². The second-order valence-corrected chi connectivity index (χ2v) is 4.67. The van der Waals surface area contributed by atoms with Crippen molar-refractivity contribution in [3.05, 3.63) is 11.7 Å². The summed E-state index contributed by atoms with van der Waals surface area (Å²) in [6.45, 7) is 2.22. The minimum absolute atomic E-state index is 0.164. The van der Waals surface area contributed by atoms with Gasteiger partial charge in [0.05, 0.1) is 0 Å². The summed E-state index contributed by atoms with van der Waals surface area (Å²) < 4.78 is 4.93. The van der Waals surface area contributed by atoms with Crippen LogP contribution in [0.1, 0.15) is 37.4 Å². The molecule has 1 aliphatic heterocycles. The van der Waals surface area contributed by atoms with Crippen LogP contribution in [-0.4, -0.2) is 44.6 Å². The first-order valence-electron chi connectivity index (χ1n) is 6.39. The van der Waals surface area contributed by atoms with Crippen LogP contribution in [0.3, 0.4) is 0 Å². The molecule has 1 aliphatic rings. The van der Waals surface area contributed by atoms with Crippen LogP contribution in [0.4, 0.5) is 0 Å². The van der Waals surface area contributed by atoms with E-state index in [1.54, 1.807) is 6.92 Å². The number of rotatable bonds is 4. The number of likely N-dealkylation sites (tertiary alicyclic amines) is 1. The molecule has 1 aromatic rings. The van der Waals surface area contributed by atoms with Crippen LogP contribution in [-0.2, 0) is 16.0 Å². The van der Waals surface area contributed by atoms with Gasteiger partial charge in [-0.05, 0) is 26.2 Å². The maximum Gasteiger partial charge on any atom is 0.326 e. The van der Waals surface area contributed by atoms with Crippen molar-refractivity contribution in [1.82, 2.24) is 15.0 Å². The molecule has 0 aliphatic carbocycles. The van der Waals surface area contributed by atoms with E-state index in [4.69, 9.17) is 9.63 Å². The molecule has 104 valence electrons. The number of carbonyl (C=O) groups excluding carboxylic acids is 1. The van der Waals surface area contributed by atoms with Gasteiger partial charge in [0.1, 0.15) is 6.04 Å². The fourth-order valence-corrected chi connectivity index (χ4v) is 2.29. The summed E-state index contributed by atoms with van der Waals surface area (Å²) in [6.07, 6.45) is 2.79. The lowest BCUT2D eigenvalue weighted by Gasteiger charge is -2.32. The summed E-state index contributed by atoms with van der Waals surface area (Å²) in [7, 11) is 0. The maximum absolute atomic E-state index is 12.1. The Hall–Kier alpha value is -1.92. The Morgan fingerprint density at radius 1 is 1.47 bits per heavy atom. The van der Waals surface area contributed by atoms with E-state index in [-0.39, 0.29) is 12.3 Å². The maximum atomic E-state index is 12.1. The first kappa shape index (κ1) is 13.5. The van der Waals surface area contributed by atoms with Crippen LogP contribution < -0.4 is 0 Å². The third kappa shape index (κ3) is 3.30. The number of aliphatic carboxylic acids is 1. The highest BCUT2D eigenvalue weighted by atomic mass is 16.5. The number of amides is 1. The van der Waals surface area contributed by atoms with E-state index in [2.05, 4.69) is 10.1 Å². The summed E-state index contributed by atoms with van der Waals surface area (Å²) in [5.74, 6) is -0.150. The molecule has 2 heterocycles. The number of aromatic nitrogens is 2. The first-order chi connectivity index (χ1) is 9.08. The number of hydrogen-bond acceptors (Lipinski definition) is 5. The Kier molecular flexibility index (Phi) is 4.13.